The number of phenolic OH excluding ortho intramolecular Hbond substituents is 1. The lowest BCUT2D eigenvalue weighted by molar-refractivity contribution is -0.146. The summed E-state index contributed by atoms with van der Waals surface area (Å²) in [4.78, 5) is 16.1. The normalized spacial score (nSPS) is 21.0. The van der Waals surface area contributed by atoms with Gasteiger partial charge in [-0.05, 0) is 13.0 Å². The number of nitriles is 1. The van der Waals surface area contributed by atoms with Crippen LogP contribution in [0.3, 0.4) is 0 Å². The third-order valence-electron chi connectivity index (χ3n) is 3.42. The predicted octanol–water partition coefficient (Wildman–Crippen LogP) is 0.720. The summed E-state index contributed by atoms with van der Waals surface area (Å²) in [7, 11) is 0. The average molecular weight is 300 g/mol. The second-order valence-corrected chi connectivity index (χ2v) is 4.71. The summed E-state index contributed by atoms with van der Waals surface area (Å²) in [5.41, 5.74) is 12.0. The molecule has 1 aromatic rings. The number of hydrogen-bond donors (Lipinski definition) is 3. The minimum atomic E-state index is -1.00. The fraction of sp³-hybridized carbons (Fsp3) is 0.267. The Balaban J connectivity index is 2.62. The molecule has 1 aliphatic heterocycles. The summed E-state index contributed by atoms with van der Waals surface area (Å²) in [5.74, 6) is -2.61. The second kappa shape index (κ2) is 6.18. The maximum Gasteiger partial charge on any atom is 0.317 e. The van der Waals surface area contributed by atoms with Crippen molar-refractivity contribution in [1.82, 2.24) is 0 Å². The Morgan fingerprint density at radius 1 is 1.45 bits per heavy atom. The van der Waals surface area contributed by atoms with Gasteiger partial charge in [-0.3, -0.25) is 4.79 Å². The number of allylic oxidation sites excluding steroid dienone is 1. The molecule has 0 fully saturated rings. The zero-order valence-corrected chi connectivity index (χ0v) is 12.0. The highest BCUT2D eigenvalue weighted by atomic mass is 16.5. The van der Waals surface area contributed by atoms with E-state index in [4.69, 9.17) is 16.2 Å². The molecule has 22 heavy (non-hydrogen) atoms. The van der Waals surface area contributed by atoms with Crippen molar-refractivity contribution in [2.75, 3.05) is 6.61 Å². The van der Waals surface area contributed by atoms with Crippen LogP contribution in [0.2, 0.25) is 0 Å². The molecule has 0 bridgehead atoms. The van der Waals surface area contributed by atoms with Crippen molar-refractivity contribution in [3.63, 3.8) is 0 Å². The molecule has 2 rings (SSSR count). The first-order chi connectivity index (χ1) is 10.5. The van der Waals surface area contributed by atoms with Crippen LogP contribution in [0.25, 0.3) is 0 Å². The summed E-state index contributed by atoms with van der Waals surface area (Å²) in [6.07, 6.45) is 0. The van der Waals surface area contributed by atoms with E-state index >= 15 is 0 Å². The molecule has 0 aliphatic carbocycles. The summed E-state index contributed by atoms with van der Waals surface area (Å²) in [6.45, 7) is 1.83. The molecule has 1 heterocycles. The fourth-order valence-electron chi connectivity index (χ4n) is 2.47. The van der Waals surface area contributed by atoms with E-state index in [2.05, 4.69) is 4.99 Å². The molecule has 7 nitrogen and oxygen atoms in total. The lowest BCUT2D eigenvalue weighted by Gasteiger charge is -2.29. The van der Waals surface area contributed by atoms with Crippen molar-refractivity contribution in [3.05, 3.63) is 41.2 Å². The van der Waals surface area contributed by atoms with Crippen molar-refractivity contribution in [3.8, 4) is 11.8 Å². The minimum Gasteiger partial charge on any atom is -0.508 e. The SMILES string of the molecule is CCOC(=O)C1C(N)=NC(N)=C(C#N)C1c1ccccc1O. The zero-order chi connectivity index (χ0) is 16.3. The van der Waals surface area contributed by atoms with E-state index < -0.39 is 17.8 Å². The highest BCUT2D eigenvalue weighted by Gasteiger charge is 2.41. The van der Waals surface area contributed by atoms with Gasteiger partial charge in [0, 0.05) is 11.5 Å². The number of carbonyl (C=O) groups excluding carboxylic acids is 1. The molecular formula is C15H16N4O3. The largest absolute Gasteiger partial charge is 0.508 e. The van der Waals surface area contributed by atoms with Crippen LogP contribution in [-0.2, 0) is 9.53 Å². The Morgan fingerprint density at radius 2 is 2.14 bits per heavy atom. The number of aliphatic imine (C=N–C) groups is 1. The van der Waals surface area contributed by atoms with Crippen LogP contribution < -0.4 is 11.5 Å². The number of amidine groups is 1. The first kappa shape index (κ1) is 15.4. The molecule has 1 aromatic carbocycles. The van der Waals surface area contributed by atoms with Gasteiger partial charge in [-0.2, -0.15) is 5.26 Å². The van der Waals surface area contributed by atoms with Gasteiger partial charge in [0.05, 0.1) is 18.2 Å². The summed E-state index contributed by atoms with van der Waals surface area (Å²) < 4.78 is 5.02. The van der Waals surface area contributed by atoms with Crippen molar-refractivity contribution >= 4 is 11.8 Å². The van der Waals surface area contributed by atoms with Gasteiger partial charge in [0.2, 0.25) is 0 Å². The number of carbonyl (C=O) groups is 1. The van der Waals surface area contributed by atoms with Crippen LogP contribution in [0.15, 0.2) is 40.7 Å². The van der Waals surface area contributed by atoms with Gasteiger partial charge in [-0.15, -0.1) is 0 Å². The van der Waals surface area contributed by atoms with Gasteiger partial charge in [-0.1, -0.05) is 18.2 Å². The third kappa shape index (κ3) is 2.59. The lowest BCUT2D eigenvalue weighted by Crippen LogP contribution is -2.40. The third-order valence-corrected chi connectivity index (χ3v) is 3.42. The molecule has 2 atom stereocenters. The molecule has 114 valence electrons. The van der Waals surface area contributed by atoms with Gasteiger partial charge in [-0.25, -0.2) is 4.99 Å². The van der Waals surface area contributed by atoms with Crippen LogP contribution in [0.5, 0.6) is 5.75 Å². The number of nitrogens with zero attached hydrogens (tertiary/aromatic N) is 2. The quantitative estimate of drug-likeness (QED) is 0.704. The second-order valence-electron chi connectivity index (χ2n) is 4.71. The topological polar surface area (TPSA) is 135 Å². The van der Waals surface area contributed by atoms with Gasteiger partial charge >= 0.3 is 5.97 Å². The molecule has 7 heteroatoms. The standard InChI is InChI=1S/C15H16N4O3/c1-2-22-15(21)12-11(8-5-3-4-6-10(8)20)9(7-16)13(17)19-14(12)18/h3-6,11-12,20H,2,17H2,1H3,(H2,18,19). The molecule has 0 amide bonds. The number of rotatable bonds is 3. The maximum atomic E-state index is 12.2. The Hall–Kier alpha value is -3.01. The molecule has 0 spiro atoms. The van der Waals surface area contributed by atoms with Crippen LogP contribution in [-0.4, -0.2) is 23.5 Å². The van der Waals surface area contributed by atoms with E-state index in [1.807, 2.05) is 6.07 Å². The van der Waals surface area contributed by atoms with Crippen LogP contribution >= 0.6 is 0 Å². The zero-order valence-electron chi connectivity index (χ0n) is 12.0. The minimum absolute atomic E-state index is 0.0387. The highest BCUT2D eigenvalue weighted by molar-refractivity contribution is 6.03. The summed E-state index contributed by atoms with van der Waals surface area (Å²) in [6, 6.07) is 8.34. The van der Waals surface area contributed by atoms with E-state index in [0.29, 0.717) is 5.56 Å². The number of hydrogen-bond acceptors (Lipinski definition) is 7. The molecular weight excluding hydrogens is 284 g/mol. The van der Waals surface area contributed by atoms with Gasteiger partial charge in [0.25, 0.3) is 0 Å². The highest BCUT2D eigenvalue weighted by Crippen LogP contribution is 2.40. The number of nitrogens with two attached hydrogens (primary N) is 2. The first-order valence-corrected chi connectivity index (χ1v) is 6.69. The molecule has 0 aromatic heterocycles. The van der Waals surface area contributed by atoms with Crippen molar-refractivity contribution in [2.45, 2.75) is 12.8 Å². The van der Waals surface area contributed by atoms with E-state index in [0.717, 1.165) is 0 Å². The molecule has 0 saturated carbocycles. The predicted molar refractivity (Wildman–Crippen MR) is 79.4 cm³/mol. The smallest absolute Gasteiger partial charge is 0.317 e. The van der Waals surface area contributed by atoms with E-state index in [9.17, 15) is 15.2 Å². The first-order valence-electron chi connectivity index (χ1n) is 6.69. The summed E-state index contributed by atoms with van der Waals surface area (Å²) in [5, 5.41) is 19.4. The molecule has 0 saturated heterocycles. The number of benzene rings is 1. The van der Waals surface area contributed by atoms with E-state index in [1.54, 1.807) is 25.1 Å². The fourth-order valence-corrected chi connectivity index (χ4v) is 2.47. The van der Waals surface area contributed by atoms with Crippen molar-refractivity contribution in [2.24, 2.45) is 22.4 Å². The Labute approximate surface area is 127 Å². The van der Waals surface area contributed by atoms with E-state index in [-0.39, 0.29) is 29.6 Å². The van der Waals surface area contributed by atoms with E-state index in [1.165, 1.54) is 6.07 Å². The molecule has 0 radical (unpaired) electrons. The lowest BCUT2D eigenvalue weighted by atomic mass is 9.78. The Kier molecular flexibility index (Phi) is 4.32. The maximum absolute atomic E-state index is 12.2. The number of para-hydroxylation sites is 1. The van der Waals surface area contributed by atoms with Crippen LogP contribution in [0.4, 0.5) is 0 Å². The number of aromatic hydroxyl groups is 1. The Morgan fingerprint density at radius 3 is 2.73 bits per heavy atom. The van der Waals surface area contributed by atoms with Gasteiger partial charge < -0.3 is 21.3 Å². The van der Waals surface area contributed by atoms with Gasteiger partial charge in [0.1, 0.15) is 23.3 Å². The monoisotopic (exact) mass is 300 g/mol. The van der Waals surface area contributed by atoms with Crippen molar-refractivity contribution < 1.29 is 14.6 Å². The van der Waals surface area contributed by atoms with Crippen LogP contribution in [0.1, 0.15) is 18.4 Å². The average Bonchev–Trinajstić information content (AvgIpc) is 2.47. The van der Waals surface area contributed by atoms with Crippen molar-refractivity contribution in [1.29, 1.82) is 5.26 Å². The summed E-state index contributed by atoms with van der Waals surface area (Å²) >= 11 is 0. The number of phenols is 1. The number of esters is 1. The molecule has 1 aliphatic rings. The molecule has 2 unspecified atom stereocenters. The molecule has 5 N–H and O–H groups in total. The Bertz CT molecular complexity index is 703. The number of ether oxygens (including phenoxy) is 1. The van der Waals surface area contributed by atoms with Crippen LogP contribution in [0, 0.1) is 17.2 Å². The van der Waals surface area contributed by atoms with Gasteiger partial charge in [0.15, 0.2) is 0 Å².